The second-order valence-electron chi connectivity index (χ2n) is 10.7. The van der Waals surface area contributed by atoms with Gasteiger partial charge in [-0.15, -0.1) is 0 Å². The van der Waals surface area contributed by atoms with Crippen LogP contribution in [0.1, 0.15) is 60.3 Å². The fraction of sp³-hybridized carbons (Fsp3) is 0.448. The van der Waals surface area contributed by atoms with Crippen molar-refractivity contribution in [3.05, 3.63) is 64.2 Å². The molecule has 0 bridgehead atoms. The van der Waals surface area contributed by atoms with Crippen molar-refractivity contribution in [1.29, 1.82) is 0 Å². The molecule has 2 aromatic rings. The van der Waals surface area contributed by atoms with Gasteiger partial charge in [-0.3, -0.25) is 19.7 Å². The van der Waals surface area contributed by atoms with Crippen LogP contribution in [0.15, 0.2) is 36.4 Å². The minimum Gasteiger partial charge on any atom is -0.450 e. The number of ether oxygens (including phenoxy) is 1. The Morgan fingerprint density at radius 2 is 1.67 bits per heavy atom. The van der Waals surface area contributed by atoms with Crippen LogP contribution in [0.5, 0.6) is 0 Å². The Bertz CT molecular complexity index is 1290. The van der Waals surface area contributed by atoms with Gasteiger partial charge in [0.05, 0.1) is 18.7 Å². The average Bonchev–Trinajstić information content (AvgIpc) is 2.86. The fourth-order valence-corrected chi connectivity index (χ4v) is 3.85. The number of nitrogens with one attached hydrogen (secondary N) is 5. The number of aryl methyl sites for hydroxylation is 2. The molecule has 5 N–H and O–H groups in total. The molecule has 1 atom stereocenters. The van der Waals surface area contributed by atoms with Crippen LogP contribution in [0.3, 0.4) is 0 Å². The van der Waals surface area contributed by atoms with Crippen LogP contribution in [-0.2, 0) is 27.0 Å². The van der Waals surface area contributed by atoms with Crippen molar-refractivity contribution in [1.82, 2.24) is 21.3 Å². The predicted molar refractivity (Wildman–Crippen MR) is 152 cm³/mol. The molecule has 0 radical (unpaired) electrons. The summed E-state index contributed by atoms with van der Waals surface area (Å²) in [5, 5.41) is 12.9. The topological polar surface area (TPSA) is 138 Å². The van der Waals surface area contributed by atoms with E-state index in [1.807, 2.05) is 32.0 Å². The quantitative estimate of drug-likeness (QED) is 0.269. The predicted octanol–water partition coefficient (Wildman–Crippen LogP) is 3.81. The number of carbonyl (C=O) groups excluding carboxylic acids is 4. The summed E-state index contributed by atoms with van der Waals surface area (Å²) < 4.78 is 44.9. The van der Waals surface area contributed by atoms with Gasteiger partial charge >= 0.3 is 12.3 Å². The molecule has 0 spiro atoms. The normalized spacial score (nSPS) is 12.2. The summed E-state index contributed by atoms with van der Waals surface area (Å²) in [6.07, 6.45) is -5.80. The molecule has 0 fully saturated rings. The van der Waals surface area contributed by atoms with Gasteiger partial charge in [-0.25, -0.2) is 4.79 Å². The lowest BCUT2D eigenvalue weighted by Crippen LogP contribution is -2.56. The van der Waals surface area contributed by atoms with E-state index >= 15 is 0 Å². The third-order valence-electron chi connectivity index (χ3n) is 5.77. The van der Waals surface area contributed by atoms with E-state index in [2.05, 4.69) is 31.3 Å². The van der Waals surface area contributed by atoms with E-state index in [0.29, 0.717) is 18.7 Å². The van der Waals surface area contributed by atoms with Gasteiger partial charge in [-0.2, -0.15) is 13.2 Å². The third-order valence-corrected chi connectivity index (χ3v) is 5.77. The van der Waals surface area contributed by atoms with Crippen molar-refractivity contribution in [3.63, 3.8) is 0 Å². The van der Waals surface area contributed by atoms with Crippen molar-refractivity contribution in [3.8, 4) is 0 Å². The zero-order valence-electron chi connectivity index (χ0n) is 24.5. The maximum absolute atomic E-state index is 13.4. The van der Waals surface area contributed by atoms with Gasteiger partial charge in [0.2, 0.25) is 11.8 Å². The lowest BCUT2D eigenvalue weighted by atomic mass is 10.1. The van der Waals surface area contributed by atoms with Gasteiger partial charge in [-0.05, 0) is 70.9 Å². The Labute approximate surface area is 243 Å². The number of hydrogen-bond donors (Lipinski definition) is 5. The number of amides is 4. The first-order valence-corrected chi connectivity index (χ1v) is 13.3. The zero-order chi connectivity index (χ0) is 31.7. The highest BCUT2D eigenvalue weighted by atomic mass is 19.4. The van der Waals surface area contributed by atoms with E-state index in [1.165, 1.54) is 6.92 Å². The van der Waals surface area contributed by atoms with E-state index in [0.717, 1.165) is 22.8 Å². The number of rotatable bonds is 11. The van der Waals surface area contributed by atoms with Crippen LogP contribution in [0.2, 0.25) is 0 Å². The summed E-state index contributed by atoms with van der Waals surface area (Å²) >= 11 is 0. The molecule has 2 rings (SSSR count). The maximum atomic E-state index is 13.4. The molecule has 0 saturated carbocycles. The summed E-state index contributed by atoms with van der Waals surface area (Å²) in [6.45, 7) is 10.7. The maximum Gasteiger partial charge on any atom is 0.416 e. The van der Waals surface area contributed by atoms with Gasteiger partial charge < -0.3 is 26.0 Å². The molecular formula is C29H38F3N5O5. The molecule has 0 aliphatic carbocycles. The van der Waals surface area contributed by atoms with Crippen LogP contribution >= 0.6 is 0 Å². The monoisotopic (exact) mass is 593 g/mol. The second-order valence-corrected chi connectivity index (χ2v) is 10.7. The Hall–Kier alpha value is -4.13. The van der Waals surface area contributed by atoms with E-state index in [-0.39, 0.29) is 18.8 Å². The molecule has 2 aromatic carbocycles. The van der Waals surface area contributed by atoms with Crippen LogP contribution < -0.4 is 26.6 Å². The number of carbonyl (C=O) groups is 4. The largest absolute Gasteiger partial charge is 0.450 e. The van der Waals surface area contributed by atoms with E-state index in [9.17, 15) is 32.3 Å². The van der Waals surface area contributed by atoms with Gasteiger partial charge in [0.15, 0.2) is 0 Å². The molecule has 0 aliphatic heterocycles. The van der Waals surface area contributed by atoms with Gasteiger partial charge in [-0.1, -0.05) is 23.8 Å². The summed E-state index contributed by atoms with van der Waals surface area (Å²) in [7, 11) is 0. The van der Waals surface area contributed by atoms with Crippen molar-refractivity contribution in [2.24, 2.45) is 0 Å². The molecule has 230 valence electrons. The molecule has 42 heavy (non-hydrogen) atoms. The van der Waals surface area contributed by atoms with Crippen LogP contribution in [-0.4, -0.2) is 55.1 Å². The van der Waals surface area contributed by atoms with Crippen molar-refractivity contribution in [2.45, 2.75) is 65.8 Å². The number of hydrogen-bond acceptors (Lipinski definition) is 6. The Balaban J connectivity index is 2.10. The molecule has 10 nitrogen and oxygen atoms in total. The molecule has 0 heterocycles. The minimum absolute atomic E-state index is 0.0108. The van der Waals surface area contributed by atoms with Crippen LogP contribution in [0.25, 0.3) is 0 Å². The van der Waals surface area contributed by atoms with E-state index in [1.54, 1.807) is 20.8 Å². The van der Waals surface area contributed by atoms with E-state index in [4.69, 9.17) is 0 Å². The summed E-state index contributed by atoms with van der Waals surface area (Å²) in [4.78, 5) is 50.0. The van der Waals surface area contributed by atoms with Crippen molar-refractivity contribution >= 4 is 29.5 Å². The molecule has 0 aliphatic rings. The first kappa shape index (κ1) is 34.1. The van der Waals surface area contributed by atoms with Gasteiger partial charge in [0, 0.05) is 29.9 Å². The van der Waals surface area contributed by atoms with Crippen molar-refractivity contribution in [2.75, 3.05) is 25.0 Å². The minimum atomic E-state index is -4.81. The summed E-state index contributed by atoms with van der Waals surface area (Å²) in [5.41, 5.74) is 0.686. The number of anilines is 1. The highest BCUT2D eigenvalue weighted by molar-refractivity contribution is 5.99. The molecule has 4 amide bonds. The molecule has 1 unspecified atom stereocenters. The van der Waals surface area contributed by atoms with Crippen LogP contribution in [0.4, 0.5) is 23.7 Å². The Kier molecular flexibility index (Phi) is 11.9. The van der Waals surface area contributed by atoms with E-state index < -0.39 is 59.2 Å². The standard InChI is InChI=1S/C29H38F3N5O5/c1-7-42-27(41)35-22-12-20(11-21(13-22)29(30,31)32)25(39)34-16-24(38)36-23(26(40)37-28(4,5)6)15-33-14-19-9-8-17(2)10-18(19)3/h8-13,23,33H,7,14-16H2,1-6H3,(H,34,39)(H,35,41)(H,36,38)(H,37,40). The van der Waals surface area contributed by atoms with Gasteiger partial charge in [0.25, 0.3) is 5.91 Å². The average molecular weight is 594 g/mol. The first-order valence-electron chi connectivity index (χ1n) is 13.3. The highest BCUT2D eigenvalue weighted by Gasteiger charge is 2.32. The van der Waals surface area contributed by atoms with Crippen LogP contribution in [0, 0.1) is 13.8 Å². The molecular weight excluding hydrogens is 555 g/mol. The Morgan fingerprint density at radius 1 is 0.976 bits per heavy atom. The lowest BCUT2D eigenvalue weighted by Gasteiger charge is -2.26. The molecule has 0 aromatic heterocycles. The fourth-order valence-electron chi connectivity index (χ4n) is 3.85. The van der Waals surface area contributed by atoms with Crippen molar-refractivity contribution < 1.29 is 37.1 Å². The zero-order valence-corrected chi connectivity index (χ0v) is 24.5. The molecule has 13 heteroatoms. The summed E-state index contributed by atoms with van der Waals surface area (Å²) in [6, 6.07) is 7.25. The SMILES string of the molecule is CCOC(=O)Nc1cc(C(=O)NCC(=O)NC(CNCc2ccc(C)cc2C)C(=O)NC(C)(C)C)cc(C(F)(F)F)c1. The third kappa shape index (κ3) is 11.4. The molecule has 0 saturated heterocycles. The summed E-state index contributed by atoms with van der Waals surface area (Å²) in [5.74, 6) is -2.18. The second kappa shape index (κ2) is 14.7. The smallest absolute Gasteiger partial charge is 0.416 e. The van der Waals surface area contributed by atoms with Gasteiger partial charge in [0.1, 0.15) is 6.04 Å². The Morgan fingerprint density at radius 3 is 2.26 bits per heavy atom. The first-order chi connectivity index (χ1) is 19.5. The number of alkyl halides is 3. The lowest BCUT2D eigenvalue weighted by molar-refractivity contribution is -0.137. The number of halogens is 3. The number of benzene rings is 2. The highest BCUT2D eigenvalue weighted by Crippen LogP contribution is 2.32.